The maximum absolute atomic E-state index is 13.5. The molecule has 0 aromatic heterocycles. The normalized spacial score (nSPS) is 16.6. The molecule has 198 valence electrons. The lowest BCUT2D eigenvalue weighted by molar-refractivity contribution is -0.132. The molecule has 9 heteroatoms. The van der Waals surface area contributed by atoms with Gasteiger partial charge in [-0.05, 0) is 67.9 Å². The second-order valence-electron chi connectivity index (χ2n) is 8.60. The average Bonchev–Trinajstić information content (AvgIpc) is 3.19. The molecule has 0 aliphatic carbocycles. The minimum absolute atomic E-state index is 0.0990. The Hall–Kier alpha value is -3.68. The van der Waals surface area contributed by atoms with Gasteiger partial charge in [0.1, 0.15) is 17.3 Å². The SMILES string of the molecule is CCN(CC)c1ccc(C2/C(=C(\O)c3cc(Cl)cc(Cl)c3OC)C(=O)C(=O)N2c2ccc(OC)cc2)cc1. The Labute approximate surface area is 231 Å². The van der Waals surface area contributed by atoms with Crippen molar-refractivity contribution in [1.29, 1.82) is 0 Å². The number of anilines is 2. The van der Waals surface area contributed by atoms with E-state index in [1.165, 1.54) is 24.1 Å². The van der Waals surface area contributed by atoms with Gasteiger partial charge in [0.2, 0.25) is 0 Å². The van der Waals surface area contributed by atoms with Crippen LogP contribution in [0.2, 0.25) is 10.0 Å². The lowest BCUT2D eigenvalue weighted by Crippen LogP contribution is -2.29. The summed E-state index contributed by atoms with van der Waals surface area (Å²) < 4.78 is 10.7. The number of ketones is 1. The van der Waals surface area contributed by atoms with Crippen molar-refractivity contribution in [2.75, 3.05) is 37.1 Å². The van der Waals surface area contributed by atoms with Gasteiger partial charge in [-0.1, -0.05) is 35.3 Å². The smallest absolute Gasteiger partial charge is 0.300 e. The third-order valence-corrected chi connectivity index (χ3v) is 7.10. The predicted octanol–water partition coefficient (Wildman–Crippen LogP) is 6.48. The number of aliphatic hydroxyl groups excluding tert-OH is 1. The van der Waals surface area contributed by atoms with Gasteiger partial charge in [0, 0.05) is 29.5 Å². The van der Waals surface area contributed by atoms with Crippen LogP contribution in [0, 0.1) is 0 Å². The van der Waals surface area contributed by atoms with Crippen molar-refractivity contribution in [3.05, 3.63) is 87.4 Å². The van der Waals surface area contributed by atoms with Crippen molar-refractivity contribution >= 4 is 52.0 Å². The van der Waals surface area contributed by atoms with E-state index in [-0.39, 0.29) is 26.9 Å². The van der Waals surface area contributed by atoms with Crippen LogP contribution in [0.4, 0.5) is 11.4 Å². The molecule has 1 aliphatic heterocycles. The highest BCUT2D eigenvalue weighted by Gasteiger charge is 2.47. The van der Waals surface area contributed by atoms with Crippen LogP contribution in [-0.4, -0.2) is 44.1 Å². The summed E-state index contributed by atoms with van der Waals surface area (Å²) in [7, 11) is 2.94. The first kappa shape index (κ1) is 27.4. The van der Waals surface area contributed by atoms with Gasteiger partial charge < -0.3 is 19.5 Å². The second kappa shape index (κ2) is 11.4. The quantitative estimate of drug-likeness (QED) is 0.195. The van der Waals surface area contributed by atoms with E-state index in [1.54, 1.807) is 31.4 Å². The van der Waals surface area contributed by atoms with Gasteiger partial charge in [0.05, 0.1) is 36.4 Å². The number of ether oxygens (including phenoxy) is 2. The highest BCUT2D eigenvalue weighted by atomic mass is 35.5. The summed E-state index contributed by atoms with van der Waals surface area (Å²) in [5.74, 6) is -1.31. The van der Waals surface area contributed by atoms with Crippen molar-refractivity contribution in [3.63, 3.8) is 0 Å². The van der Waals surface area contributed by atoms with Crippen LogP contribution in [0.1, 0.15) is 31.0 Å². The number of hydrogen-bond donors (Lipinski definition) is 1. The average molecular weight is 555 g/mol. The summed E-state index contributed by atoms with van der Waals surface area (Å²) in [6.07, 6.45) is 0. The molecule has 38 heavy (non-hydrogen) atoms. The number of amides is 1. The Morgan fingerprint density at radius 3 is 2.13 bits per heavy atom. The number of benzene rings is 3. The zero-order valence-corrected chi connectivity index (χ0v) is 23.0. The number of hydrogen-bond acceptors (Lipinski definition) is 6. The molecular formula is C29H28Cl2N2O5. The minimum Gasteiger partial charge on any atom is -0.507 e. The number of halogens is 2. The molecule has 1 aliphatic rings. The van der Waals surface area contributed by atoms with Crippen molar-refractivity contribution < 1.29 is 24.2 Å². The van der Waals surface area contributed by atoms with E-state index in [9.17, 15) is 14.7 Å². The van der Waals surface area contributed by atoms with Crippen LogP contribution in [0.5, 0.6) is 11.5 Å². The molecule has 3 aromatic rings. The first-order chi connectivity index (χ1) is 18.2. The molecule has 1 atom stereocenters. The van der Waals surface area contributed by atoms with Crippen molar-refractivity contribution in [3.8, 4) is 11.5 Å². The van der Waals surface area contributed by atoms with E-state index in [2.05, 4.69) is 18.7 Å². The van der Waals surface area contributed by atoms with Crippen LogP contribution in [0.15, 0.2) is 66.2 Å². The third-order valence-electron chi connectivity index (χ3n) is 6.60. The van der Waals surface area contributed by atoms with Gasteiger partial charge in [-0.25, -0.2) is 0 Å². The fourth-order valence-electron chi connectivity index (χ4n) is 4.70. The second-order valence-corrected chi connectivity index (χ2v) is 9.44. The number of carbonyl (C=O) groups is 2. The number of carbonyl (C=O) groups excluding carboxylic acids is 2. The number of rotatable bonds is 8. The standard InChI is InChI=1S/C29H28Cl2N2O5/c1-5-32(6-2)19-9-7-17(8-10-19)25-24(26(34)22-15-18(30)16-23(31)28(22)38-4)27(35)29(36)33(25)20-11-13-21(37-3)14-12-20/h7-16,25,34H,5-6H2,1-4H3/b26-24+. The van der Waals surface area contributed by atoms with E-state index in [0.717, 1.165) is 18.8 Å². The van der Waals surface area contributed by atoms with Crippen LogP contribution in [0.25, 0.3) is 5.76 Å². The fourth-order valence-corrected chi connectivity index (χ4v) is 5.27. The Kier molecular flexibility index (Phi) is 8.19. The van der Waals surface area contributed by atoms with Crippen LogP contribution >= 0.6 is 23.2 Å². The van der Waals surface area contributed by atoms with E-state index in [0.29, 0.717) is 17.0 Å². The lowest BCUT2D eigenvalue weighted by atomic mass is 9.94. The molecule has 7 nitrogen and oxygen atoms in total. The van der Waals surface area contributed by atoms with Gasteiger partial charge in [0.25, 0.3) is 11.7 Å². The van der Waals surface area contributed by atoms with Crippen molar-refractivity contribution in [2.24, 2.45) is 0 Å². The number of Topliss-reactive ketones (excluding diaryl/α,β-unsaturated/α-hetero) is 1. The molecule has 1 amide bonds. The van der Waals surface area contributed by atoms with Crippen LogP contribution in [0.3, 0.4) is 0 Å². The Morgan fingerprint density at radius 2 is 1.58 bits per heavy atom. The summed E-state index contributed by atoms with van der Waals surface area (Å²) in [6, 6.07) is 16.4. The summed E-state index contributed by atoms with van der Waals surface area (Å²) in [5.41, 5.74) is 2.13. The minimum atomic E-state index is -0.920. The number of nitrogens with zero attached hydrogens (tertiary/aromatic N) is 2. The Morgan fingerprint density at radius 1 is 0.947 bits per heavy atom. The molecule has 0 saturated carbocycles. The summed E-state index contributed by atoms with van der Waals surface area (Å²) in [5, 5.41) is 11.9. The first-order valence-corrected chi connectivity index (χ1v) is 12.8. The van der Waals surface area contributed by atoms with Crippen LogP contribution in [-0.2, 0) is 9.59 Å². The molecule has 1 heterocycles. The van der Waals surface area contributed by atoms with Gasteiger partial charge in [0.15, 0.2) is 0 Å². The highest BCUT2D eigenvalue weighted by molar-refractivity contribution is 6.52. The van der Waals surface area contributed by atoms with E-state index in [1.807, 2.05) is 24.3 Å². The molecule has 1 N–H and O–H groups in total. The summed E-state index contributed by atoms with van der Waals surface area (Å²) >= 11 is 12.5. The molecule has 0 bridgehead atoms. The number of aliphatic hydroxyl groups is 1. The topological polar surface area (TPSA) is 79.3 Å². The van der Waals surface area contributed by atoms with E-state index >= 15 is 0 Å². The zero-order chi connectivity index (χ0) is 27.6. The van der Waals surface area contributed by atoms with Gasteiger partial charge >= 0.3 is 0 Å². The first-order valence-electron chi connectivity index (χ1n) is 12.1. The maximum atomic E-state index is 13.5. The largest absolute Gasteiger partial charge is 0.507 e. The summed E-state index contributed by atoms with van der Waals surface area (Å²) in [6.45, 7) is 5.80. The Balaban J connectivity index is 1.95. The maximum Gasteiger partial charge on any atom is 0.300 e. The third kappa shape index (κ3) is 4.91. The zero-order valence-electron chi connectivity index (χ0n) is 21.5. The highest BCUT2D eigenvalue weighted by Crippen LogP contribution is 2.45. The fraction of sp³-hybridized carbons (Fsp3) is 0.241. The molecule has 4 rings (SSSR count). The monoisotopic (exact) mass is 554 g/mol. The van der Waals surface area contributed by atoms with Crippen LogP contribution < -0.4 is 19.3 Å². The molecular weight excluding hydrogens is 527 g/mol. The van der Waals surface area contributed by atoms with Gasteiger partial charge in [-0.3, -0.25) is 14.5 Å². The van der Waals surface area contributed by atoms with Gasteiger partial charge in [-0.15, -0.1) is 0 Å². The van der Waals surface area contributed by atoms with Crippen molar-refractivity contribution in [1.82, 2.24) is 0 Å². The van der Waals surface area contributed by atoms with Crippen molar-refractivity contribution in [2.45, 2.75) is 19.9 Å². The Bertz CT molecular complexity index is 1380. The summed E-state index contributed by atoms with van der Waals surface area (Å²) in [4.78, 5) is 30.5. The molecule has 1 fully saturated rings. The molecule has 0 radical (unpaired) electrons. The van der Waals surface area contributed by atoms with E-state index < -0.39 is 23.5 Å². The predicted molar refractivity (Wildman–Crippen MR) is 151 cm³/mol. The molecule has 1 saturated heterocycles. The number of methoxy groups -OCH3 is 2. The van der Waals surface area contributed by atoms with E-state index in [4.69, 9.17) is 32.7 Å². The lowest BCUT2D eigenvalue weighted by Gasteiger charge is -2.27. The molecule has 3 aromatic carbocycles. The molecule has 1 unspecified atom stereocenters. The van der Waals surface area contributed by atoms with Gasteiger partial charge in [-0.2, -0.15) is 0 Å². The molecule has 0 spiro atoms.